The molecule has 27 heavy (non-hydrogen) atoms. The van der Waals surface area contributed by atoms with Crippen LogP contribution in [0, 0.1) is 5.82 Å². The summed E-state index contributed by atoms with van der Waals surface area (Å²) in [5, 5.41) is 10.3. The molecule has 4 rings (SSSR count). The number of hydrogen-bond acceptors (Lipinski definition) is 3. The fourth-order valence-corrected chi connectivity index (χ4v) is 3.68. The largest absolute Gasteiger partial charge is 0.483 e. The van der Waals surface area contributed by atoms with Crippen LogP contribution in [0.3, 0.4) is 0 Å². The summed E-state index contributed by atoms with van der Waals surface area (Å²) in [6.45, 7) is 1.67. The molecule has 2 aromatic carbocycles. The van der Waals surface area contributed by atoms with Crippen molar-refractivity contribution in [3.05, 3.63) is 77.9 Å². The van der Waals surface area contributed by atoms with Crippen LogP contribution < -0.4 is 5.32 Å². The average Bonchev–Trinajstić information content (AvgIpc) is 3.21. The molecule has 1 saturated heterocycles. The molecule has 0 atom stereocenters. The zero-order chi connectivity index (χ0) is 19.1. The Morgan fingerprint density at radius 3 is 2.33 bits per heavy atom. The number of piperidine rings is 1. The smallest absolute Gasteiger partial charge is 0.290 e. The van der Waals surface area contributed by atoms with Crippen molar-refractivity contribution in [3.8, 4) is 11.4 Å². The Morgan fingerprint density at radius 2 is 1.67 bits per heavy atom. The maximum Gasteiger partial charge on any atom is 0.290 e. The van der Waals surface area contributed by atoms with E-state index in [1.54, 1.807) is 12.1 Å². The van der Waals surface area contributed by atoms with E-state index in [9.17, 15) is 4.39 Å². The van der Waals surface area contributed by atoms with E-state index in [0.29, 0.717) is 11.4 Å². The van der Waals surface area contributed by atoms with Crippen LogP contribution in [0.5, 0.6) is 0 Å². The Bertz CT molecular complexity index is 874. The van der Waals surface area contributed by atoms with Gasteiger partial charge in [0.25, 0.3) is 6.47 Å². The number of nitrogens with one attached hydrogen (secondary N) is 2. The van der Waals surface area contributed by atoms with Crippen LogP contribution in [0.25, 0.3) is 11.4 Å². The number of carboxylic acid groups (broad SMARTS) is 1. The Balaban J connectivity index is 0.000000659. The monoisotopic (exact) mass is 367 g/mol. The normalized spacial score (nSPS) is 15.4. The lowest BCUT2D eigenvalue weighted by atomic mass is 9.71. The van der Waals surface area contributed by atoms with Crippen molar-refractivity contribution in [1.29, 1.82) is 0 Å². The van der Waals surface area contributed by atoms with Crippen molar-refractivity contribution in [2.75, 3.05) is 13.1 Å². The van der Waals surface area contributed by atoms with Gasteiger partial charge in [-0.3, -0.25) is 4.79 Å². The second-order valence-electron chi connectivity index (χ2n) is 6.43. The van der Waals surface area contributed by atoms with Crippen molar-refractivity contribution in [2.45, 2.75) is 18.3 Å². The van der Waals surface area contributed by atoms with Gasteiger partial charge in [0.2, 0.25) is 0 Å². The van der Waals surface area contributed by atoms with Crippen LogP contribution in [0.2, 0.25) is 0 Å². The summed E-state index contributed by atoms with van der Waals surface area (Å²) in [5.41, 5.74) is 2.77. The number of imidazole rings is 1. The Hall–Kier alpha value is -2.99. The van der Waals surface area contributed by atoms with E-state index in [4.69, 9.17) is 9.90 Å². The van der Waals surface area contributed by atoms with Crippen LogP contribution in [0.1, 0.15) is 24.1 Å². The number of H-pyrrole nitrogens is 1. The lowest BCUT2D eigenvalue weighted by Crippen LogP contribution is -2.41. The summed E-state index contributed by atoms with van der Waals surface area (Å²) in [7, 11) is 0. The van der Waals surface area contributed by atoms with Crippen LogP contribution in [-0.2, 0) is 10.2 Å². The molecule has 3 N–H and O–H groups in total. The molecular formula is C21H22FN3O2. The third-order valence-electron chi connectivity index (χ3n) is 5.00. The van der Waals surface area contributed by atoms with E-state index in [1.165, 1.54) is 11.6 Å². The number of carbonyl (C=O) groups is 1. The fourth-order valence-electron chi connectivity index (χ4n) is 3.68. The first-order chi connectivity index (χ1) is 13.2. The molecule has 0 spiro atoms. The first-order valence-corrected chi connectivity index (χ1v) is 8.86. The third-order valence-corrected chi connectivity index (χ3v) is 5.00. The fraction of sp³-hybridized carbons (Fsp3) is 0.238. The zero-order valence-corrected chi connectivity index (χ0v) is 14.9. The highest BCUT2D eigenvalue weighted by molar-refractivity contribution is 5.56. The van der Waals surface area contributed by atoms with E-state index in [-0.39, 0.29) is 17.7 Å². The van der Waals surface area contributed by atoms with Gasteiger partial charge < -0.3 is 15.4 Å². The SMILES string of the molecule is Fc1ccccc1-c1ncc(C2(c3ccccc3)CCNCC2)[nH]1.O=CO. The van der Waals surface area contributed by atoms with Crippen LogP contribution in [0.15, 0.2) is 60.8 Å². The van der Waals surface area contributed by atoms with Crippen molar-refractivity contribution in [1.82, 2.24) is 15.3 Å². The number of rotatable bonds is 3. The van der Waals surface area contributed by atoms with E-state index in [0.717, 1.165) is 31.6 Å². The molecule has 0 amide bonds. The van der Waals surface area contributed by atoms with Gasteiger partial charge in [-0.2, -0.15) is 0 Å². The van der Waals surface area contributed by atoms with E-state index in [2.05, 4.69) is 39.6 Å². The number of hydrogen-bond donors (Lipinski definition) is 3. The minimum Gasteiger partial charge on any atom is -0.483 e. The number of halogens is 1. The molecule has 1 aliphatic rings. The van der Waals surface area contributed by atoms with Crippen LogP contribution in [-0.4, -0.2) is 34.6 Å². The van der Waals surface area contributed by atoms with Gasteiger partial charge in [-0.1, -0.05) is 42.5 Å². The highest BCUT2D eigenvalue weighted by Crippen LogP contribution is 2.39. The molecule has 0 unspecified atom stereocenters. The van der Waals surface area contributed by atoms with Gasteiger partial charge in [0.05, 0.1) is 5.56 Å². The van der Waals surface area contributed by atoms with E-state index < -0.39 is 0 Å². The predicted octanol–water partition coefficient (Wildman–Crippen LogP) is 3.59. The molecule has 2 heterocycles. The molecule has 0 radical (unpaired) electrons. The molecule has 0 bridgehead atoms. The molecule has 1 fully saturated rings. The Labute approximate surface area is 157 Å². The predicted molar refractivity (Wildman–Crippen MR) is 102 cm³/mol. The molecule has 140 valence electrons. The summed E-state index contributed by atoms with van der Waals surface area (Å²) in [6, 6.07) is 17.3. The molecule has 5 nitrogen and oxygen atoms in total. The topological polar surface area (TPSA) is 78.0 Å². The van der Waals surface area contributed by atoms with Gasteiger partial charge in [0, 0.05) is 17.3 Å². The zero-order valence-electron chi connectivity index (χ0n) is 14.9. The standard InChI is InChI=1S/C20H20FN3.CH2O2/c21-17-9-5-4-8-16(17)19-23-14-18(24-19)20(10-12-22-13-11-20)15-6-2-1-3-7-15;2-1-3/h1-9,14,22H,10-13H2,(H,23,24);1H,(H,2,3). The lowest BCUT2D eigenvalue weighted by Gasteiger charge is -2.37. The van der Waals surface area contributed by atoms with Crippen LogP contribution >= 0.6 is 0 Å². The van der Waals surface area contributed by atoms with Gasteiger partial charge in [0.1, 0.15) is 11.6 Å². The Kier molecular flexibility index (Phi) is 5.98. The number of nitrogens with zero attached hydrogens (tertiary/aromatic N) is 1. The minimum atomic E-state index is -0.252. The molecule has 3 aromatic rings. The average molecular weight is 367 g/mol. The van der Waals surface area contributed by atoms with Gasteiger partial charge >= 0.3 is 0 Å². The second kappa shape index (κ2) is 8.60. The molecule has 0 aliphatic carbocycles. The van der Waals surface area contributed by atoms with Crippen molar-refractivity contribution >= 4 is 6.47 Å². The van der Waals surface area contributed by atoms with Crippen molar-refractivity contribution < 1.29 is 14.3 Å². The van der Waals surface area contributed by atoms with E-state index in [1.807, 2.05) is 18.3 Å². The molecule has 1 aliphatic heterocycles. The van der Waals surface area contributed by atoms with Crippen molar-refractivity contribution in [3.63, 3.8) is 0 Å². The quantitative estimate of drug-likeness (QED) is 0.618. The number of benzene rings is 2. The molecule has 6 heteroatoms. The maximum absolute atomic E-state index is 14.1. The number of aromatic nitrogens is 2. The van der Waals surface area contributed by atoms with Gasteiger partial charge in [0.15, 0.2) is 0 Å². The molecule has 0 saturated carbocycles. The highest BCUT2D eigenvalue weighted by atomic mass is 19.1. The first-order valence-electron chi connectivity index (χ1n) is 8.86. The summed E-state index contributed by atoms with van der Waals surface area (Å²) in [4.78, 5) is 16.2. The first kappa shape index (κ1) is 18.8. The van der Waals surface area contributed by atoms with E-state index >= 15 is 0 Å². The lowest BCUT2D eigenvalue weighted by molar-refractivity contribution is -0.122. The van der Waals surface area contributed by atoms with Gasteiger partial charge in [-0.15, -0.1) is 0 Å². The summed E-state index contributed by atoms with van der Waals surface area (Å²) in [6.07, 6.45) is 3.87. The third kappa shape index (κ3) is 3.90. The number of aromatic amines is 1. The minimum absolute atomic E-state index is 0.0942. The van der Waals surface area contributed by atoms with Crippen LogP contribution in [0.4, 0.5) is 4.39 Å². The highest BCUT2D eigenvalue weighted by Gasteiger charge is 2.37. The summed E-state index contributed by atoms with van der Waals surface area (Å²) >= 11 is 0. The van der Waals surface area contributed by atoms with Crippen molar-refractivity contribution in [2.24, 2.45) is 0 Å². The summed E-state index contributed by atoms with van der Waals surface area (Å²) < 4.78 is 14.1. The maximum atomic E-state index is 14.1. The molecular weight excluding hydrogens is 345 g/mol. The molecule has 1 aromatic heterocycles. The second-order valence-corrected chi connectivity index (χ2v) is 6.43. The Morgan fingerprint density at radius 1 is 1.04 bits per heavy atom. The van der Waals surface area contributed by atoms with Gasteiger partial charge in [-0.25, -0.2) is 9.37 Å². The summed E-state index contributed by atoms with van der Waals surface area (Å²) in [5.74, 6) is 0.342. The van der Waals surface area contributed by atoms with Gasteiger partial charge in [-0.05, 0) is 43.6 Å².